The Bertz CT molecular complexity index is 740. The van der Waals surface area contributed by atoms with E-state index < -0.39 is 0 Å². The minimum Gasteiger partial charge on any atom is -0.493 e. The number of hydrogen-bond acceptors (Lipinski definition) is 3. The molecule has 4 nitrogen and oxygen atoms in total. The summed E-state index contributed by atoms with van der Waals surface area (Å²) < 4.78 is 5.51. The van der Waals surface area contributed by atoms with Crippen LogP contribution in [-0.4, -0.2) is 12.5 Å². The molecular formula is C17H16N2O2. The van der Waals surface area contributed by atoms with Gasteiger partial charge in [0.25, 0.3) is 5.91 Å². The van der Waals surface area contributed by atoms with Crippen molar-refractivity contribution in [1.29, 1.82) is 0 Å². The van der Waals surface area contributed by atoms with E-state index >= 15 is 0 Å². The average molecular weight is 280 g/mol. The van der Waals surface area contributed by atoms with Gasteiger partial charge in [-0.15, -0.1) is 0 Å². The molecule has 0 saturated heterocycles. The predicted molar refractivity (Wildman–Crippen MR) is 81.8 cm³/mol. The highest BCUT2D eigenvalue weighted by molar-refractivity contribution is 6.04. The van der Waals surface area contributed by atoms with Crippen molar-refractivity contribution >= 4 is 17.3 Å². The zero-order chi connectivity index (χ0) is 14.4. The molecule has 2 heterocycles. The first kappa shape index (κ1) is 12.3. The van der Waals surface area contributed by atoms with Crippen molar-refractivity contribution < 1.29 is 9.53 Å². The van der Waals surface area contributed by atoms with E-state index in [0.29, 0.717) is 0 Å². The van der Waals surface area contributed by atoms with E-state index in [1.54, 1.807) is 0 Å². The number of hydrogen-bond donors (Lipinski definition) is 2. The van der Waals surface area contributed by atoms with Gasteiger partial charge in [-0.1, -0.05) is 17.7 Å². The van der Waals surface area contributed by atoms with Crippen LogP contribution in [0, 0.1) is 6.92 Å². The van der Waals surface area contributed by atoms with Crippen LogP contribution < -0.4 is 15.4 Å². The lowest BCUT2D eigenvalue weighted by atomic mass is 10.0. The van der Waals surface area contributed by atoms with Crippen molar-refractivity contribution in [3.05, 3.63) is 53.1 Å². The first-order valence-corrected chi connectivity index (χ1v) is 7.14. The summed E-state index contributed by atoms with van der Waals surface area (Å²) in [5.41, 5.74) is 5.21. The lowest BCUT2D eigenvalue weighted by molar-refractivity contribution is -0.116. The SMILES string of the molecule is Cc1ccc2c(c1)C(Nc1ccc3c(c1)CCO3)C(=O)N2. The van der Waals surface area contributed by atoms with Gasteiger partial charge in [0.05, 0.1) is 6.61 Å². The summed E-state index contributed by atoms with van der Waals surface area (Å²) in [4.78, 5) is 12.2. The van der Waals surface area contributed by atoms with Crippen molar-refractivity contribution in [3.63, 3.8) is 0 Å². The third-order valence-corrected chi connectivity index (χ3v) is 4.04. The van der Waals surface area contributed by atoms with Crippen molar-refractivity contribution in [3.8, 4) is 5.75 Å². The lowest BCUT2D eigenvalue weighted by Gasteiger charge is -2.14. The Hall–Kier alpha value is -2.49. The minimum absolute atomic E-state index is 0.00708. The van der Waals surface area contributed by atoms with Gasteiger partial charge in [0.15, 0.2) is 0 Å². The number of rotatable bonds is 2. The standard InChI is InChI=1S/C17H16N2O2/c1-10-2-4-14-13(8-10)16(17(20)19-14)18-12-3-5-15-11(9-12)6-7-21-15/h2-5,8-9,16,18H,6-7H2,1H3,(H,19,20). The van der Waals surface area contributed by atoms with Crippen LogP contribution in [0.15, 0.2) is 36.4 Å². The summed E-state index contributed by atoms with van der Waals surface area (Å²) in [6.07, 6.45) is 0.928. The molecule has 2 aromatic carbocycles. The molecule has 0 bridgehead atoms. The fourth-order valence-electron chi connectivity index (χ4n) is 2.97. The van der Waals surface area contributed by atoms with Crippen LogP contribution in [0.4, 0.5) is 11.4 Å². The molecule has 106 valence electrons. The fourth-order valence-corrected chi connectivity index (χ4v) is 2.97. The molecule has 2 aromatic rings. The molecule has 1 atom stereocenters. The first-order chi connectivity index (χ1) is 10.2. The number of aryl methyl sites for hydroxylation is 1. The maximum atomic E-state index is 12.2. The Morgan fingerprint density at radius 2 is 2.14 bits per heavy atom. The van der Waals surface area contributed by atoms with Gasteiger partial charge in [-0.3, -0.25) is 4.79 Å². The summed E-state index contributed by atoms with van der Waals surface area (Å²) >= 11 is 0. The van der Waals surface area contributed by atoms with Gasteiger partial charge in [0, 0.05) is 23.4 Å². The van der Waals surface area contributed by atoms with Gasteiger partial charge in [-0.05, 0) is 36.8 Å². The van der Waals surface area contributed by atoms with Gasteiger partial charge in [0.1, 0.15) is 11.8 Å². The second-order valence-electron chi connectivity index (χ2n) is 5.58. The molecule has 1 unspecified atom stereocenters. The number of amides is 1. The molecule has 0 aliphatic carbocycles. The number of ether oxygens (including phenoxy) is 1. The largest absolute Gasteiger partial charge is 0.493 e. The highest BCUT2D eigenvalue weighted by Crippen LogP contribution is 2.35. The van der Waals surface area contributed by atoms with Gasteiger partial charge in [-0.25, -0.2) is 0 Å². The number of anilines is 2. The van der Waals surface area contributed by atoms with Crippen LogP contribution in [0.2, 0.25) is 0 Å². The molecule has 2 N–H and O–H groups in total. The molecule has 0 saturated carbocycles. The minimum atomic E-state index is -0.333. The maximum absolute atomic E-state index is 12.2. The summed E-state index contributed by atoms with van der Waals surface area (Å²) in [6.45, 7) is 2.78. The molecule has 0 spiro atoms. The summed E-state index contributed by atoms with van der Waals surface area (Å²) in [5, 5.41) is 6.26. The van der Waals surface area contributed by atoms with Crippen LogP contribution in [0.25, 0.3) is 0 Å². The summed E-state index contributed by atoms with van der Waals surface area (Å²) in [6, 6.07) is 11.7. The van der Waals surface area contributed by atoms with Crippen LogP contribution in [-0.2, 0) is 11.2 Å². The van der Waals surface area contributed by atoms with Crippen LogP contribution in [0.5, 0.6) is 5.75 Å². The molecule has 4 rings (SSSR count). The number of benzene rings is 2. The number of fused-ring (bicyclic) bond motifs is 2. The normalized spacial score (nSPS) is 18.7. The molecule has 1 amide bonds. The quantitative estimate of drug-likeness (QED) is 0.889. The highest BCUT2D eigenvalue weighted by Gasteiger charge is 2.30. The molecule has 0 aromatic heterocycles. The first-order valence-electron chi connectivity index (χ1n) is 7.14. The van der Waals surface area contributed by atoms with E-state index in [4.69, 9.17) is 4.74 Å². The Kier molecular flexibility index (Phi) is 2.64. The molecule has 0 fully saturated rings. The topological polar surface area (TPSA) is 50.4 Å². The predicted octanol–water partition coefficient (Wildman–Crippen LogP) is 3.04. The Morgan fingerprint density at radius 3 is 3.05 bits per heavy atom. The third kappa shape index (κ3) is 2.03. The van der Waals surface area contributed by atoms with E-state index in [2.05, 4.69) is 22.8 Å². The Balaban J connectivity index is 1.66. The molecule has 2 aliphatic heterocycles. The maximum Gasteiger partial charge on any atom is 0.251 e. The molecule has 4 heteroatoms. The van der Waals surface area contributed by atoms with Gasteiger partial charge < -0.3 is 15.4 Å². The Labute approximate surface area is 123 Å². The highest BCUT2D eigenvalue weighted by atomic mass is 16.5. The molecule has 21 heavy (non-hydrogen) atoms. The average Bonchev–Trinajstić information content (AvgIpc) is 3.04. The monoisotopic (exact) mass is 280 g/mol. The zero-order valence-electron chi connectivity index (χ0n) is 11.8. The Morgan fingerprint density at radius 1 is 1.24 bits per heavy atom. The van der Waals surface area contributed by atoms with E-state index in [9.17, 15) is 4.79 Å². The number of carbonyl (C=O) groups is 1. The van der Waals surface area contributed by atoms with Crippen molar-refractivity contribution in [2.75, 3.05) is 17.2 Å². The van der Waals surface area contributed by atoms with E-state index in [0.717, 1.165) is 41.3 Å². The molecular weight excluding hydrogens is 264 g/mol. The summed E-state index contributed by atoms with van der Waals surface area (Å²) in [7, 11) is 0. The zero-order valence-corrected chi connectivity index (χ0v) is 11.8. The smallest absolute Gasteiger partial charge is 0.251 e. The second-order valence-corrected chi connectivity index (χ2v) is 5.58. The second kappa shape index (κ2) is 4.52. The number of nitrogens with one attached hydrogen (secondary N) is 2. The van der Waals surface area contributed by atoms with Gasteiger partial charge in [0.2, 0.25) is 0 Å². The van der Waals surface area contributed by atoms with E-state index in [1.807, 2.05) is 31.2 Å². The number of carbonyl (C=O) groups excluding carboxylic acids is 1. The van der Waals surface area contributed by atoms with Crippen LogP contribution in [0.1, 0.15) is 22.7 Å². The van der Waals surface area contributed by atoms with E-state index in [-0.39, 0.29) is 11.9 Å². The van der Waals surface area contributed by atoms with Crippen molar-refractivity contribution in [1.82, 2.24) is 0 Å². The third-order valence-electron chi connectivity index (χ3n) is 4.04. The van der Waals surface area contributed by atoms with Crippen molar-refractivity contribution in [2.45, 2.75) is 19.4 Å². The molecule has 0 radical (unpaired) electrons. The summed E-state index contributed by atoms with van der Waals surface area (Å²) in [5.74, 6) is 0.944. The van der Waals surface area contributed by atoms with E-state index in [1.165, 1.54) is 5.56 Å². The molecule has 2 aliphatic rings. The fraction of sp³-hybridized carbons (Fsp3) is 0.235. The van der Waals surface area contributed by atoms with Gasteiger partial charge >= 0.3 is 0 Å². The van der Waals surface area contributed by atoms with Crippen molar-refractivity contribution in [2.24, 2.45) is 0 Å². The van der Waals surface area contributed by atoms with Crippen LogP contribution in [0.3, 0.4) is 0 Å². The van der Waals surface area contributed by atoms with Gasteiger partial charge in [-0.2, -0.15) is 0 Å². The van der Waals surface area contributed by atoms with Crippen LogP contribution >= 0.6 is 0 Å². The lowest BCUT2D eigenvalue weighted by Crippen LogP contribution is -2.19.